The van der Waals surface area contributed by atoms with Gasteiger partial charge < -0.3 is 5.11 Å². The molecule has 0 spiro atoms. The maximum absolute atomic E-state index is 9.93. The van der Waals surface area contributed by atoms with Gasteiger partial charge in [-0.15, -0.1) is 0 Å². The zero-order valence-electron chi connectivity index (χ0n) is 8.38. The molecule has 0 aliphatic rings. The summed E-state index contributed by atoms with van der Waals surface area (Å²) in [4.78, 5) is 0. The summed E-state index contributed by atoms with van der Waals surface area (Å²) >= 11 is 0. The van der Waals surface area contributed by atoms with Gasteiger partial charge in [-0.1, -0.05) is 19.9 Å². The van der Waals surface area contributed by atoms with Gasteiger partial charge in [0, 0.05) is 11.8 Å². The van der Waals surface area contributed by atoms with Crippen LogP contribution in [0.5, 0.6) is 0 Å². The van der Waals surface area contributed by atoms with Crippen molar-refractivity contribution >= 4 is 5.52 Å². The Hall–Kier alpha value is -1.35. The van der Waals surface area contributed by atoms with E-state index >= 15 is 0 Å². The number of aromatic nitrogens is 2. The Morgan fingerprint density at radius 1 is 1.36 bits per heavy atom. The first-order valence-corrected chi connectivity index (χ1v) is 4.80. The van der Waals surface area contributed by atoms with E-state index in [9.17, 15) is 5.11 Å². The molecule has 1 unspecified atom stereocenters. The van der Waals surface area contributed by atoms with Gasteiger partial charge >= 0.3 is 0 Å². The third-order valence-electron chi connectivity index (χ3n) is 2.41. The van der Waals surface area contributed by atoms with Gasteiger partial charge in [-0.2, -0.15) is 5.10 Å². The van der Waals surface area contributed by atoms with Crippen molar-refractivity contribution in [2.75, 3.05) is 0 Å². The lowest BCUT2D eigenvalue weighted by Gasteiger charge is -2.12. The number of fused-ring (bicyclic) bond motifs is 1. The summed E-state index contributed by atoms with van der Waals surface area (Å²) in [6.45, 7) is 3.99. The molecule has 0 fully saturated rings. The molecular formula is C11H14N2O. The average Bonchev–Trinajstić information content (AvgIpc) is 2.60. The number of aliphatic hydroxyl groups is 1. The first kappa shape index (κ1) is 9.21. The Balaban J connectivity index is 2.53. The second-order valence-corrected chi connectivity index (χ2v) is 3.82. The zero-order chi connectivity index (χ0) is 10.1. The van der Waals surface area contributed by atoms with Crippen LogP contribution >= 0.6 is 0 Å². The van der Waals surface area contributed by atoms with Crippen LogP contribution in [0.15, 0.2) is 30.6 Å². The molecule has 2 heterocycles. The van der Waals surface area contributed by atoms with Crippen LogP contribution in [-0.2, 0) is 0 Å². The fourth-order valence-electron chi connectivity index (χ4n) is 1.54. The highest BCUT2D eigenvalue weighted by Gasteiger charge is 2.16. The van der Waals surface area contributed by atoms with Gasteiger partial charge in [-0.3, -0.25) is 0 Å². The molecule has 0 amide bonds. The molecule has 0 aliphatic heterocycles. The van der Waals surface area contributed by atoms with E-state index in [0.717, 1.165) is 11.1 Å². The van der Waals surface area contributed by atoms with E-state index in [1.54, 1.807) is 10.7 Å². The minimum absolute atomic E-state index is 0.211. The quantitative estimate of drug-likeness (QED) is 0.786. The molecule has 0 aromatic carbocycles. The van der Waals surface area contributed by atoms with Gasteiger partial charge in [-0.05, 0) is 18.1 Å². The Labute approximate surface area is 83.0 Å². The molecule has 0 saturated heterocycles. The van der Waals surface area contributed by atoms with Crippen LogP contribution in [0.25, 0.3) is 5.52 Å². The van der Waals surface area contributed by atoms with Crippen LogP contribution in [0, 0.1) is 5.92 Å². The van der Waals surface area contributed by atoms with Crippen molar-refractivity contribution in [2.45, 2.75) is 20.0 Å². The summed E-state index contributed by atoms with van der Waals surface area (Å²) in [5.41, 5.74) is 1.88. The average molecular weight is 190 g/mol. The third kappa shape index (κ3) is 1.40. The number of hydrogen-bond donors (Lipinski definition) is 1. The highest BCUT2D eigenvalue weighted by atomic mass is 16.3. The Morgan fingerprint density at radius 2 is 2.14 bits per heavy atom. The molecule has 74 valence electrons. The van der Waals surface area contributed by atoms with Crippen molar-refractivity contribution in [2.24, 2.45) is 5.92 Å². The monoisotopic (exact) mass is 190 g/mol. The summed E-state index contributed by atoms with van der Waals surface area (Å²) in [5.74, 6) is 0.211. The molecule has 3 nitrogen and oxygen atoms in total. The van der Waals surface area contributed by atoms with Crippen LogP contribution in [0.1, 0.15) is 25.5 Å². The largest absolute Gasteiger partial charge is 0.388 e. The maximum atomic E-state index is 9.93. The molecule has 0 aliphatic carbocycles. The minimum atomic E-state index is -0.435. The Bertz CT molecular complexity index is 434. The van der Waals surface area contributed by atoms with Gasteiger partial charge in [0.15, 0.2) is 0 Å². The molecular weight excluding hydrogens is 176 g/mol. The van der Waals surface area contributed by atoms with E-state index in [4.69, 9.17) is 0 Å². The number of aliphatic hydroxyl groups excluding tert-OH is 1. The van der Waals surface area contributed by atoms with E-state index in [-0.39, 0.29) is 5.92 Å². The standard InChI is InChI=1S/C11H14N2O/c1-8(2)11(14)9-7-12-13-6-4-3-5-10(9)13/h3-8,11,14H,1-2H3. The van der Waals surface area contributed by atoms with E-state index in [1.807, 2.05) is 38.2 Å². The first-order chi connectivity index (χ1) is 6.70. The van der Waals surface area contributed by atoms with Crippen LogP contribution in [-0.4, -0.2) is 14.7 Å². The summed E-state index contributed by atoms with van der Waals surface area (Å²) in [6.07, 6.45) is 3.18. The Kier molecular flexibility index (Phi) is 2.25. The predicted octanol–water partition coefficient (Wildman–Crippen LogP) is 2.02. The van der Waals surface area contributed by atoms with Crippen LogP contribution in [0.2, 0.25) is 0 Å². The van der Waals surface area contributed by atoms with Crippen molar-refractivity contribution in [1.29, 1.82) is 0 Å². The zero-order valence-corrected chi connectivity index (χ0v) is 8.38. The summed E-state index contributed by atoms with van der Waals surface area (Å²) in [5, 5.41) is 14.1. The summed E-state index contributed by atoms with van der Waals surface area (Å²) in [7, 11) is 0. The van der Waals surface area contributed by atoms with Crippen LogP contribution in [0.4, 0.5) is 0 Å². The molecule has 2 aromatic rings. The second-order valence-electron chi connectivity index (χ2n) is 3.82. The smallest absolute Gasteiger partial charge is 0.0849 e. The lowest BCUT2D eigenvalue weighted by molar-refractivity contribution is 0.128. The fraction of sp³-hybridized carbons (Fsp3) is 0.364. The highest BCUT2D eigenvalue weighted by molar-refractivity contribution is 5.54. The normalized spacial score (nSPS) is 13.7. The van der Waals surface area contributed by atoms with Crippen LogP contribution in [0.3, 0.4) is 0 Å². The number of rotatable bonds is 2. The predicted molar refractivity (Wildman–Crippen MR) is 55.0 cm³/mol. The van der Waals surface area contributed by atoms with Gasteiger partial charge in [-0.25, -0.2) is 4.52 Å². The SMILES string of the molecule is CC(C)C(O)c1cnn2ccccc12. The van der Waals surface area contributed by atoms with Crippen molar-refractivity contribution in [1.82, 2.24) is 9.61 Å². The fourth-order valence-corrected chi connectivity index (χ4v) is 1.54. The van der Waals surface area contributed by atoms with Crippen LogP contribution < -0.4 is 0 Å². The molecule has 2 aromatic heterocycles. The number of hydrogen-bond acceptors (Lipinski definition) is 2. The molecule has 0 saturated carbocycles. The van der Waals surface area contributed by atoms with E-state index in [1.165, 1.54) is 0 Å². The summed E-state index contributed by atoms with van der Waals surface area (Å²) in [6, 6.07) is 5.84. The van der Waals surface area contributed by atoms with Gasteiger partial charge in [0.05, 0.1) is 17.8 Å². The van der Waals surface area contributed by atoms with Crippen molar-refractivity contribution in [3.63, 3.8) is 0 Å². The topological polar surface area (TPSA) is 37.5 Å². The molecule has 0 radical (unpaired) electrons. The Morgan fingerprint density at radius 3 is 2.86 bits per heavy atom. The van der Waals surface area contributed by atoms with Crippen molar-refractivity contribution < 1.29 is 5.11 Å². The number of pyridine rings is 1. The van der Waals surface area contributed by atoms with Crippen molar-refractivity contribution in [3.05, 3.63) is 36.2 Å². The highest BCUT2D eigenvalue weighted by Crippen LogP contribution is 2.24. The molecule has 1 N–H and O–H groups in total. The number of nitrogens with zero attached hydrogens (tertiary/aromatic N) is 2. The second kappa shape index (κ2) is 3.42. The molecule has 3 heteroatoms. The van der Waals surface area contributed by atoms with E-state index < -0.39 is 6.10 Å². The molecule has 1 atom stereocenters. The first-order valence-electron chi connectivity index (χ1n) is 4.80. The van der Waals surface area contributed by atoms with Crippen molar-refractivity contribution in [3.8, 4) is 0 Å². The van der Waals surface area contributed by atoms with Gasteiger partial charge in [0.25, 0.3) is 0 Å². The minimum Gasteiger partial charge on any atom is -0.388 e. The maximum Gasteiger partial charge on any atom is 0.0849 e. The lowest BCUT2D eigenvalue weighted by atomic mass is 10.0. The molecule has 2 rings (SSSR count). The van der Waals surface area contributed by atoms with Gasteiger partial charge in [0.1, 0.15) is 0 Å². The van der Waals surface area contributed by atoms with E-state index in [2.05, 4.69) is 5.10 Å². The molecule has 0 bridgehead atoms. The lowest BCUT2D eigenvalue weighted by Crippen LogP contribution is -2.04. The van der Waals surface area contributed by atoms with E-state index in [0.29, 0.717) is 0 Å². The summed E-state index contributed by atoms with van der Waals surface area (Å²) < 4.78 is 1.78. The van der Waals surface area contributed by atoms with Gasteiger partial charge in [0.2, 0.25) is 0 Å². The molecule has 14 heavy (non-hydrogen) atoms. The third-order valence-corrected chi connectivity index (χ3v) is 2.41.